The van der Waals surface area contributed by atoms with Crippen LogP contribution in [0.4, 0.5) is 0 Å². The molecule has 0 bridgehead atoms. The maximum atomic E-state index is 11.4. The highest BCUT2D eigenvalue weighted by atomic mass is 16.5. The SMILES string of the molecule is [B]c1ccc(-c2ccc(CC(=O)OCC)cc2)cc1. The van der Waals surface area contributed by atoms with E-state index in [0.717, 1.165) is 22.2 Å². The molecule has 0 amide bonds. The third-order valence-electron chi connectivity index (χ3n) is 2.85. The maximum Gasteiger partial charge on any atom is 0.310 e. The molecule has 0 saturated carbocycles. The molecule has 0 spiro atoms. The zero-order valence-electron chi connectivity index (χ0n) is 10.9. The van der Waals surface area contributed by atoms with E-state index in [1.807, 2.05) is 55.5 Å². The average molecular weight is 250 g/mol. The van der Waals surface area contributed by atoms with Crippen molar-refractivity contribution in [3.05, 3.63) is 54.1 Å². The Morgan fingerprint density at radius 1 is 1.00 bits per heavy atom. The second-order valence-electron chi connectivity index (χ2n) is 4.30. The van der Waals surface area contributed by atoms with Gasteiger partial charge in [0.05, 0.1) is 13.0 Å². The number of hydrogen-bond donors (Lipinski definition) is 0. The molecule has 0 aliphatic rings. The first kappa shape index (κ1) is 13.4. The summed E-state index contributed by atoms with van der Waals surface area (Å²) in [5.74, 6) is -0.192. The summed E-state index contributed by atoms with van der Waals surface area (Å²) >= 11 is 0. The number of esters is 1. The summed E-state index contributed by atoms with van der Waals surface area (Å²) in [6, 6.07) is 15.6. The van der Waals surface area contributed by atoms with Gasteiger partial charge < -0.3 is 4.74 Å². The van der Waals surface area contributed by atoms with Crippen molar-refractivity contribution >= 4 is 19.3 Å². The van der Waals surface area contributed by atoms with E-state index < -0.39 is 0 Å². The molecule has 94 valence electrons. The van der Waals surface area contributed by atoms with Gasteiger partial charge in [0.25, 0.3) is 0 Å². The summed E-state index contributed by atoms with van der Waals surface area (Å²) in [6.45, 7) is 2.23. The van der Waals surface area contributed by atoms with Gasteiger partial charge in [-0.1, -0.05) is 54.0 Å². The van der Waals surface area contributed by atoms with Gasteiger partial charge in [0.15, 0.2) is 0 Å². The summed E-state index contributed by atoms with van der Waals surface area (Å²) < 4.78 is 4.92. The number of rotatable bonds is 4. The zero-order valence-corrected chi connectivity index (χ0v) is 10.9. The smallest absolute Gasteiger partial charge is 0.310 e. The topological polar surface area (TPSA) is 26.3 Å². The largest absolute Gasteiger partial charge is 0.466 e. The Labute approximate surface area is 114 Å². The Hall–Kier alpha value is -2.03. The third-order valence-corrected chi connectivity index (χ3v) is 2.85. The van der Waals surface area contributed by atoms with Crippen molar-refractivity contribution in [1.82, 2.24) is 0 Å². The standard InChI is InChI=1S/C16H15BO2/c1-2-19-16(18)11-12-3-5-13(6-4-12)14-7-9-15(17)10-8-14/h3-10H,2,11H2,1H3. The normalized spacial score (nSPS) is 10.2. The molecule has 0 aliphatic carbocycles. The Bertz CT molecular complexity index is 544. The fourth-order valence-electron chi connectivity index (χ4n) is 1.87. The van der Waals surface area contributed by atoms with Crippen LogP contribution in [0, 0.1) is 0 Å². The van der Waals surface area contributed by atoms with Crippen LogP contribution in [0.1, 0.15) is 12.5 Å². The molecule has 0 unspecified atom stereocenters. The molecular formula is C16H15BO2. The van der Waals surface area contributed by atoms with Gasteiger partial charge in [-0.3, -0.25) is 4.79 Å². The van der Waals surface area contributed by atoms with Crippen molar-refractivity contribution in [3.8, 4) is 11.1 Å². The van der Waals surface area contributed by atoms with Crippen molar-refractivity contribution in [2.24, 2.45) is 0 Å². The fourth-order valence-corrected chi connectivity index (χ4v) is 1.87. The van der Waals surface area contributed by atoms with Crippen molar-refractivity contribution in [3.63, 3.8) is 0 Å². The van der Waals surface area contributed by atoms with E-state index in [9.17, 15) is 4.79 Å². The molecule has 0 aliphatic heterocycles. The molecule has 2 rings (SSSR count). The molecule has 0 N–H and O–H groups in total. The van der Waals surface area contributed by atoms with Gasteiger partial charge in [0.1, 0.15) is 7.85 Å². The van der Waals surface area contributed by atoms with Crippen LogP contribution in [0.3, 0.4) is 0 Å². The van der Waals surface area contributed by atoms with Crippen LogP contribution in [0.25, 0.3) is 11.1 Å². The lowest BCUT2D eigenvalue weighted by Crippen LogP contribution is -2.07. The van der Waals surface area contributed by atoms with Gasteiger partial charge in [0.2, 0.25) is 0 Å². The summed E-state index contributed by atoms with van der Waals surface area (Å²) in [5, 5.41) is 0. The molecule has 0 saturated heterocycles. The van der Waals surface area contributed by atoms with Gasteiger partial charge in [-0.25, -0.2) is 0 Å². The van der Waals surface area contributed by atoms with E-state index >= 15 is 0 Å². The Morgan fingerprint density at radius 3 is 2.05 bits per heavy atom. The van der Waals surface area contributed by atoms with Crippen LogP contribution in [0.2, 0.25) is 0 Å². The van der Waals surface area contributed by atoms with Gasteiger partial charge in [-0.05, 0) is 23.6 Å². The first-order chi connectivity index (χ1) is 9.19. The number of benzene rings is 2. The molecule has 0 heterocycles. The van der Waals surface area contributed by atoms with Crippen LogP contribution in [-0.4, -0.2) is 20.4 Å². The third kappa shape index (κ3) is 3.72. The Balaban J connectivity index is 2.10. The monoisotopic (exact) mass is 250 g/mol. The molecular weight excluding hydrogens is 235 g/mol. The van der Waals surface area contributed by atoms with E-state index in [-0.39, 0.29) is 5.97 Å². The van der Waals surface area contributed by atoms with Crippen molar-refractivity contribution < 1.29 is 9.53 Å². The molecule has 0 atom stereocenters. The van der Waals surface area contributed by atoms with Gasteiger partial charge in [-0.2, -0.15) is 0 Å². The summed E-state index contributed by atoms with van der Waals surface area (Å²) in [5.41, 5.74) is 3.92. The van der Waals surface area contributed by atoms with Crippen LogP contribution >= 0.6 is 0 Å². The zero-order chi connectivity index (χ0) is 13.7. The number of carbonyl (C=O) groups is 1. The number of ether oxygens (including phenoxy) is 1. The highest BCUT2D eigenvalue weighted by Crippen LogP contribution is 2.19. The number of hydrogen-bond acceptors (Lipinski definition) is 2. The highest BCUT2D eigenvalue weighted by Gasteiger charge is 2.04. The van der Waals surface area contributed by atoms with Gasteiger partial charge in [-0.15, -0.1) is 0 Å². The predicted molar refractivity (Wildman–Crippen MR) is 77.6 cm³/mol. The van der Waals surface area contributed by atoms with Crippen LogP contribution < -0.4 is 5.46 Å². The van der Waals surface area contributed by atoms with Crippen LogP contribution in [0.5, 0.6) is 0 Å². The quantitative estimate of drug-likeness (QED) is 0.614. The van der Waals surface area contributed by atoms with E-state index in [2.05, 4.69) is 0 Å². The van der Waals surface area contributed by atoms with E-state index in [1.54, 1.807) is 0 Å². The van der Waals surface area contributed by atoms with Crippen LogP contribution in [-0.2, 0) is 16.0 Å². The van der Waals surface area contributed by atoms with E-state index in [0.29, 0.717) is 13.0 Å². The minimum atomic E-state index is -0.192. The average Bonchev–Trinajstić information content (AvgIpc) is 2.41. The lowest BCUT2D eigenvalue weighted by Gasteiger charge is -2.05. The summed E-state index contributed by atoms with van der Waals surface area (Å²) in [4.78, 5) is 11.4. The second kappa shape index (κ2) is 6.23. The second-order valence-corrected chi connectivity index (χ2v) is 4.30. The van der Waals surface area contributed by atoms with E-state index in [4.69, 9.17) is 12.6 Å². The van der Waals surface area contributed by atoms with Crippen molar-refractivity contribution in [2.45, 2.75) is 13.3 Å². The molecule has 2 nitrogen and oxygen atoms in total. The minimum absolute atomic E-state index is 0.192. The predicted octanol–water partition coefficient (Wildman–Crippen LogP) is 2.25. The van der Waals surface area contributed by atoms with Crippen molar-refractivity contribution in [2.75, 3.05) is 6.61 Å². The molecule has 2 radical (unpaired) electrons. The molecule has 3 heteroatoms. The first-order valence-electron chi connectivity index (χ1n) is 6.29. The highest BCUT2D eigenvalue weighted by molar-refractivity contribution is 6.32. The molecule has 0 aromatic heterocycles. The Kier molecular flexibility index (Phi) is 4.40. The summed E-state index contributed by atoms with van der Waals surface area (Å²) in [6.07, 6.45) is 0.315. The fraction of sp³-hybridized carbons (Fsp3) is 0.188. The lowest BCUT2D eigenvalue weighted by atomic mass is 9.93. The van der Waals surface area contributed by atoms with Crippen molar-refractivity contribution in [1.29, 1.82) is 0 Å². The molecule has 0 fully saturated rings. The summed E-state index contributed by atoms with van der Waals surface area (Å²) in [7, 11) is 5.66. The number of carbonyl (C=O) groups excluding carboxylic acids is 1. The minimum Gasteiger partial charge on any atom is -0.466 e. The molecule has 19 heavy (non-hydrogen) atoms. The molecule has 2 aromatic carbocycles. The van der Waals surface area contributed by atoms with Gasteiger partial charge >= 0.3 is 5.97 Å². The molecule has 2 aromatic rings. The lowest BCUT2D eigenvalue weighted by molar-refractivity contribution is -0.142. The maximum absolute atomic E-state index is 11.4. The van der Waals surface area contributed by atoms with Crippen LogP contribution in [0.15, 0.2) is 48.5 Å². The Morgan fingerprint density at radius 2 is 1.53 bits per heavy atom. The van der Waals surface area contributed by atoms with Gasteiger partial charge in [0, 0.05) is 0 Å². The first-order valence-corrected chi connectivity index (χ1v) is 6.29. The van der Waals surface area contributed by atoms with E-state index in [1.165, 1.54) is 0 Å².